The molecule has 1 fully saturated rings. The monoisotopic (exact) mass is 895 g/mol. The predicted octanol–water partition coefficient (Wildman–Crippen LogP) is 10.1. The van der Waals surface area contributed by atoms with Crippen molar-refractivity contribution in [3.63, 3.8) is 0 Å². The Morgan fingerprint density at radius 2 is 0.738 bits per heavy atom. The number of hydrogen-bond acceptors (Lipinski definition) is 12. The van der Waals surface area contributed by atoms with Gasteiger partial charge in [0.1, 0.15) is 43.2 Å². The van der Waals surface area contributed by atoms with Crippen LogP contribution in [0.1, 0.15) is 232 Å². The topological polar surface area (TPSA) is 210 Å². The fourth-order valence-corrected chi connectivity index (χ4v) is 8.91. The number of ether oxygens (including phenoxy) is 2. The first kappa shape index (κ1) is 57.9. The highest BCUT2D eigenvalue weighted by atomic mass is 31.2. The fourth-order valence-electron chi connectivity index (χ4n) is 7.94. The zero-order valence-electron chi connectivity index (χ0n) is 38.5. The number of carbonyl (C=O) groups excluding carboxylic acids is 2. The van der Waals surface area contributed by atoms with Crippen LogP contribution in [0.2, 0.25) is 0 Å². The zero-order valence-corrected chi connectivity index (χ0v) is 39.4. The van der Waals surface area contributed by atoms with Crippen LogP contribution in [0.3, 0.4) is 0 Å². The van der Waals surface area contributed by atoms with Crippen LogP contribution in [0, 0.1) is 0 Å². The van der Waals surface area contributed by atoms with Gasteiger partial charge >= 0.3 is 19.8 Å². The van der Waals surface area contributed by atoms with E-state index in [0.29, 0.717) is 12.8 Å². The van der Waals surface area contributed by atoms with Crippen molar-refractivity contribution in [2.45, 2.75) is 275 Å². The summed E-state index contributed by atoms with van der Waals surface area (Å²) in [6, 6.07) is 0. The maximum atomic E-state index is 12.8. The van der Waals surface area contributed by atoms with E-state index < -0.39 is 75.7 Å². The highest BCUT2D eigenvalue weighted by molar-refractivity contribution is 7.47. The van der Waals surface area contributed by atoms with Crippen molar-refractivity contribution in [1.82, 2.24) is 0 Å². The summed E-state index contributed by atoms with van der Waals surface area (Å²) in [7, 11) is -5.11. The molecule has 0 saturated heterocycles. The summed E-state index contributed by atoms with van der Waals surface area (Å²) in [4.78, 5) is 35.7. The Morgan fingerprint density at radius 1 is 0.443 bits per heavy atom. The first-order valence-electron chi connectivity index (χ1n) is 24.8. The summed E-state index contributed by atoms with van der Waals surface area (Å²) >= 11 is 0. The van der Waals surface area contributed by atoms with Crippen molar-refractivity contribution < 1.29 is 63.1 Å². The Kier molecular flexibility index (Phi) is 36.2. The molecule has 61 heavy (non-hydrogen) atoms. The van der Waals surface area contributed by atoms with E-state index in [4.69, 9.17) is 18.5 Å². The molecule has 14 heteroatoms. The van der Waals surface area contributed by atoms with Crippen LogP contribution in [-0.2, 0) is 32.7 Å². The molecule has 0 spiro atoms. The molecule has 0 heterocycles. The number of rotatable bonds is 42. The molecule has 1 rings (SSSR count). The molecule has 6 unspecified atom stereocenters. The van der Waals surface area contributed by atoms with Gasteiger partial charge in [-0.2, -0.15) is 0 Å². The number of aliphatic hydroxyl groups excluding tert-OH is 5. The lowest BCUT2D eigenvalue weighted by molar-refractivity contribution is -0.220. The smallest absolute Gasteiger partial charge is 0.462 e. The Hall–Kier alpha value is -1.15. The molecule has 8 atom stereocenters. The Labute approximate surface area is 370 Å². The normalized spacial score (nSPS) is 21.9. The molecule has 0 aromatic carbocycles. The minimum atomic E-state index is -5.11. The van der Waals surface area contributed by atoms with E-state index in [1.54, 1.807) is 0 Å². The summed E-state index contributed by atoms with van der Waals surface area (Å²) in [5.74, 6) is -1.08. The third-order valence-electron chi connectivity index (χ3n) is 11.9. The number of esters is 2. The number of aliphatic hydroxyl groups is 5. The third-order valence-corrected chi connectivity index (χ3v) is 12.9. The predicted molar refractivity (Wildman–Crippen MR) is 240 cm³/mol. The number of hydrogen-bond donors (Lipinski definition) is 6. The average molecular weight is 895 g/mol. The highest BCUT2D eigenvalue weighted by Gasteiger charge is 2.51. The lowest BCUT2D eigenvalue weighted by Crippen LogP contribution is -2.64. The summed E-state index contributed by atoms with van der Waals surface area (Å²) in [6.07, 6.45) is 25.9. The lowest BCUT2D eigenvalue weighted by atomic mass is 9.85. The molecular weight excluding hydrogens is 803 g/mol. The maximum Gasteiger partial charge on any atom is 0.472 e. The number of phosphoric acid groups is 1. The highest BCUT2D eigenvalue weighted by Crippen LogP contribution is 2.47. The van der Waals surface area contributed by atoms with Gasteiger partial charge in [0.25, 0.3) is 0 Å². The van der Waals surface area contributed by atoms with Crippen molar-refractivity contribution in [3.8, 4) is 0 Å². The fraction of sp³-hybridized carbons (Fsp3) is 0.957. The van der Waals surface area contributed by atoms with E-state index in [-0.39, 0.29) is 12.8 Å². The van der Waals surface area contributed by atoms with Crippen LogP contribution in [0.4, 0.5) is 0 Å². The van der Waals surface area contributed by atoms with Crippen LogP contribution in [0.15, 0.2) is 0 Å². The van der Waals surface area contributed by atoms with Crippen molar-refractivity contribution in [3.05, 3.63) is 0 Å². The van der Waals surface area contributed by atoms with Gasteiger partial charge in [0.2, 0.25) is 0 Å². The molecule has 1 aliphatic rings. The van der Waals surface area contributed by atoms with E-state index in [0.717, 1.165) is 38.5 Å². The van der Waals surface area contributed by atoms with Crippen LogP contribution < -0.4 is 0 Å². The number of unbranched alkanes of at least 4 members (excludes halogenated alkanes) is 30. The van der Waals surface area contributed by atoms with E-state index in [1.165, 1.54) is 154 Å². The molecule has 0 aromatic rings. The first-order chi connectivity index (χ1) is 29.4. The van der Waals surface area contributed by atoms with Crippen molar-refractivity contribution >= 4 is 19.8 Å². The minimum absolute atomic E-state index is 0.105. The summed E-state index contributed by atoms with van der Waals surface area (Å²) in [5, 5.41) is 50.2. The minimum Gasteiger partial charge on any atom is -0.462 e. The van der Waals surface area contributed by atoms with Gasteiger partial charge in [0, 0.05) is 12.8 Å². The molecule has 1 aliphatic carbocycles. The molecule has 1 saturated carbocycles. The standard InChI is InChI=1S/C47H91O13P/c1-3-5-7-9-11-13-15-16-17-18-19-20-21-22-23-24-26-28-30-32-34-36-41(49)59-39(37-57-40(48)35-33-31-29-27-25-14-12-10-8-6-4-2)38-58-61(55,56)60-47-45(53)43(51)42(50)44(52)46(47)54/h39,42-47,50-54H,3-38H2,1-2H3,(H,55,56)/t39-,42?,43-,44?,45?,46?,47?/m1/s1. The van der Waals surface area contributed by atoms with Crippen LogP contribution in [0.25, 0.3) is 0 Å². The lowest BCUT2D eigenvalue weighted by Gasteiger charge is -2.41. The SMILES string of the molecule is CCCCCCCCCCCCCCCCCCCCCCCC(=O)O[C@H](COC(=O)CCCCCCCCCCCCC)COP(=O)(O)OC1C(O)C(O)C(O)[C@@H](O)C1O. The van der Waals surface area contributed by atoms with Crippen LogP contribution >= 0.6 is 7.82 Å². The van der Waals surface area contributed by atoms with E-state index >= 15 is 0 Å². The third kappa shape index (κ3) is 30.6. The molecule has 362 valence electrons. The molecule has 0 radical (unpaired) electrons. The van der Waals surface area contributed by atoms with E-state index in [2.05, 4.69) is 13.8 Å². The molecule has 6 N–H and O–H groups in total. The number of carbonyl (C=O) groups is 2. The number of phosphoric ester groups is 1. The second-order valence-electron chi connectivity index (χ2n) is 17.7. The van der Waals surface area contributed by atoms with Crippen LogP contribution in [-0.4, -0.2) is 98.3 Å². The second kappa shape index (κ2) is 38.2. The average Bonchev–Trinajstić information content (AvgIpc) is 3.24. The van der Waals surface area contributed by atoms with Gasteiger partial charge in [-0.05, 0) is 12.8 Å². The van der Waals surface area contributed by atoms with Gasteiger partial charge in [-0.3, -0.25) is 18.6 Å². The van der Waals surface area contributed by atoms with Gasteiger partial charge in [-0.25, -0.2) is 4.57 Å². The summed E-state index contributed by atoms with van der Waals surface area (Å²) < 4.78 is 33.6. The Morgan fingerprint density at radius 3 is 1.08 bits per heavy atom. The summed E-state index contributed by atoms with van der Waals surface area (Å²) in [5.41, 5.74) is 0. The van der Waals surface area contributed by atoms with Crippen LogP contribution in [0.5, 0.6) is 0 Å². The molecule has 0 amide bonds. The largest absolute Gasteiger partial charge is 0.472 e. The zero-order chi connectivity index (χ0) is 45.0. The second-order valence-corrected chi connectivity index (χ2v) is 19.1. The first-order valence-corrected chi connectivity index (χ1v) is 26.3. The molecule has 0 aliphatic heterocycles. The Balaban J connectivity index is 2.36. The molecule has 0 bridgehead atoms. The maximum absolute atomic E-state index is 12.8. The van der Waals surface area contributed by atoms with Gasteiger partial charge in [-0.1, -0.05) is 206 Å². The van der Waals surface area contributed by atoms with E-state index in [9.17, 15) is 44.6 Å². The van der Waals surface area contributed by atoms with Crippen molar-refractivity contribution in [1.29, 1.82) is 0 Å². The molecule has 0 aromatic heterocycles. The van der Waals surface area contributed by atoms with Crippen molar-refractivity contribution in [2.75, 3.05) is 13.2 Å². The van der Waals surface area contributed by atoms with Gasteiger partial charge < -0.3 is 39.9 Å². The van der Waals surface area contributed by atoms with Gasteiger partial charge in [0.15, 0.2) is 6.10 Å². The van der Waals surface area contributed by atoms with E-state index in [1.807, 2.05) is 0 Å². The summed E-state index contributed by atoms with van der Waals surface area (Å²) in [6.45, 7) is 3.32. The van der Waals surface area contributed by atoms with Gasteiger partial charge in [-0.15, -0.1) is 0 Å². The van der Waals surface area contributed by atoms with Gasteiger partial charge in [0.05, 0.1) is 6.61 Å². The quantitative estimate of drug-likeness (QED) is 0.0192. The molecular formula is C47H91O13P. The van der Waals surface area contributed by atoms with Crippen molar-refractivity contribution in [2.24, 2.45) is 0 Å². The Bertz CT molecular complexity index is 1080. The molecule has 13 nitrogen and oxygen atoms in total.